The van der Waals surface area contributed by atoms with Crippen LogP contribution < -0.4 is 5.73 Å². The van der Waals surface area contributed by atoms with E-state index in [1.807, 2.05) is 6.07 Å². The van der Waals surface area contributed by atoms with Gasteiger partial charge in [-0.2, -0.15) is 0 Å². The fourth-order valence-electron chi connectivity index (χ4n) is 2.32. The van der Waals surface area contributed by atoms with Gasteiger partial charge in [0.15, 0.2) is 0 Å². The van der Waals surface area contributed by atoms with Crippen LogP contribution in [0.2, 0.25) is 0 Å². The van der Waals surface area contributed by atoms with Gasteiger partial charge < -0.3 is 10.5 Å². The Morgan fingerprint density at radius 3 is 2.48 bits per heavy atom. The predicted octanol–water partition coefficient (Wildman–Crippen LogP) is 3.95. The zero-order valence-corrected chi connectivity index (χ0v) is 13.0. The fraction of sp³-hybridized carbons (Fsp3) is 0.368. The van der Waals surface area contributed by atoms with Crippen LogP contribution in [0, 0.1) is 13.8 Å². The summed E-state index contributed by atoms with van der Waals surface area (Å²) in [6, 6.07) is 16.8. The molecule has 0 amide bonds. The highest BCUT2D eigenvalue weighted by Crippen LogP contribution is 2.15. The third-order valence-electron chi connectivity index (χ3n) is 3.85. The first kappa shape index (κ1) is 15.7. The van der Waals surface area contributed by atoms with Gasteiger partial charge in [0.1, 0.15) is 0 Å². The molecule has 2 aromatic carbocycles. The van der Waals surface area contributed by atoms with E-state index >= 15 is 0 Å². The van der Waals surface area contributed by atoms with Gasteiger partial charge in [-0.15, -0.1) is 0 Å². The Balaban J connectivity index is 1.69. The number of benzene rings is 2. The number of nitrogens with two attached hydrogens (primary N) is 1. The summed E-state index contributed by atoms with van der Waals surface area (Å²) >= 11 is 0. The zero-order chi connectivity index (χ0) is 15.1. The van der Waals surface area contributed by atoms with E-state index in [1.165, 1.54) is 16.7 Å². The molecule has 2 N–H and O–H groups in total. The Kier molecular flexibility index (Phi) is 5.97. The molecule has 1 atom stereocenters. The van der Waals surface area contributed by atoms with E-state index in [1.54, 1.807) is 0 Å². The van der Waals surface area contributed by atoms with Crippen LogP contribution in [0.4, 0.5) is 0 Å². The second-order valence-electron chi connectivity index (χ2n) is 5.61. The van der Waals surface area contributed by atoms with E-state index in [9.17, 15) is 0 Å². The van der Waals surface area contributed by atoms with Gasteiger partial charge in [-0.3, -0.25) is 0 Å². The molecule has 0 aromatic heterocycles. The molecule has 0 heterocycles. The summed E-state index contributed by atoms with van der Waals surface area (Å²) in [5.41, 5.74) is 11.3. The lowest BCUT2D eigenvalue weighted by Crippen LogP contribution is -2.18. The number of hydrogen-bond acceptors (Lipinski definition) is 2. The molecule has 0 aliphatic rings. The molecular formula is C19H25NO. The first-order chi connectivity index (χ1) is 10.2. The van der Waals surface area contributed by atoms with Crippen molar-refractivity contribution in [3.63, 3.8) is 0 Å². The molecular weight excluding hydrogens is 258 g/mol. The smallest absolute Gasteiger partial charge is 0.0659 e. The monoisotopic (exact) mass is 283 g/mol. The minimum absolute atomic E-state index is 0.0407. The lowest BCUT2D eigenvalue weighted by Gasteiger charge is -2.14. The highest BCUT2D eigenvalue weighted by atomic mass is 16.5. The topological polar surface area (TPSA) is 35.2 Å². The Bertz CT molecular complexity index is 551. The van der Waals surface area contributed by atoms with E-state index in [2.05, 4.69) is 56.3 Å². The molecule has 0 aliphatic heterocycles. The van der Waals surface area contributed by atoms with Gasteiger partial charge in [0.25, 0.3) is 0 Å². The van der Waals surface area contributed by atoms with Crippen LogP contribution >= 0.6 is 0 Å². The van der Waals surface area contributed by atoms with E-state index in [0.29, 0.717) is 6.61 Å². The molecule has 0 aliphatic carbocycles. The third-order valence-corrected chi connectivity index (χ3v) is 3.85. The van der Waals surface area contributed by atoms with Crippen LogP contribution in [0.5, 0.6) is 0 Å². The number of ether oxygens (including phenoxy) is 1. The minimum atomic E-state index is -0.0407. The van der Waals surface area contributed by atoms with Gasteiger partial charge in [0.05, 0.1) is 12.6 Å². The van der Waals surface area contributed by atoms with Crippen molar-refractivity contribution in [3.05, 3.63) is 70.8 Å². The van der Waals surface area contributed by atoms with Crippen LogP contribution in [0.15, 0.2) is 48.5 Å². The highest BCUT2D eigenvalue weighted by Gasteiger charge is 2.07. The van der Waals surface area contributed by atoms with Crippen molar-refractivity contribution in [2.24, 2.45) is 5.73 Å². The quantitative estimate of drug-likeness (QED) is 0.781. The SMILES string of the molecule is Cc1ccc(C(N)COCCCc2ccccc2)cc1C. The van der Waals surface area contributed by atoms with Crippen LogP contribution in [0.1, 0.15) is 34.7 Å². The van der Waals surface area contributed by atoms with Crippen molar-refractivity contribution < 1.29 is 4.74 Å². The number of rotatable bonds is 7. The van der Waals surface area contributed by atoms with E-state index in [4.69, 9.17) is 10.5 Å². The van der Waals surface area contributed by atoms with E-state index in [-0.39, 0.29) is 6.04 Å². The molecule has 2 heteroatoms. The molecule has 0 saturated carbocycles. The largest absolute Gasteiger partial charge is 0.379 e. The minimum Gasteiger partial charge on any atom is -0.379 e. The maximum atomic E-state index is 6.18. The lowest BCUT2D eigenvalue weighted by atomic mass is 10.0. The average Bonchev–Trinajstić information content (AvgIpc) is 2.50. The van der Waals surface area contributed by atoms with Crippen molar-refractivity contribution >= 4 is 0 Å². The van der Waals surface area contributed by atoms with Gasteiger partial charge >= 0.3 is 0 Å². The third kappa shape index (κ3) is 5.00. The van der Waals surface area contributed by atoms with E-state index < -0.39 is 0 Å². The summed E-state index contributed by atoms with van der Waals surface area (Å²) in [5.74, 6) is 0. The molecule has 0 fully saturated rings. The van der Waals surface area contributed by atoms with Gasteiger partial charge in [-0.25, -0.2) is 0 Å². The Morgan fingerprint density at radius 1 is 1.00 bits per heavy atom. The summed E-state index contributed by atoms with van der Waals surface area (Å²) in [5, 5.41) is 0. The Morgan fingerprint density at radius 2 is 1.76 bits per heavy atom. The van der Waals surface area contributed by atoms with Crippen molar-refractivity contribution in [3.8, 4) is 0 Å². The molecule has 1 unspecified atom stereocenters. The van der Waals surface area contributed by atoms with E-state index in [0.717, 1.165) is 25.0 Å². The zero-order valence-electron chi connectivity index (χ0n) is 13.0. The standard InChI is InChI=1S/C19H25NO/c1-15-10-11-18(13-16(15)2)19(20)14-21-12-6-9-17-7-4-3-5-8-17/h3-5,7-8,10-11,13,19H,6,9,12,14,20H2,1-2H3. The predicted molar refractivity (Wildman–Crippen MR) is 88.4 cm³/mol. The van der Waals surface area contributed by atoms with Crippen molar-refractivity contribution in [2.75, 3.05) is 13.2 Å². The number of aryl methyl sites for hydroxylation is 3. The lowest BCUT2D eigenvalue weighted by molar-refractivity contribution is 0.119. The summed E-state index contributed by atoms with van der Waals surface area (Å²) in [6.45, 7) is 5.57. The van der Waals surface area contributed by atoms with Crippen molar-refractivity contribution in [2.45, 2.75) is 32.7 Å². The Hall–Kier alpha value is -1.64. The fourth-order valence-corrected chi connectivity index (χ4v) is 2.32. The Labute approximate surface area is 127 Å². The van der Waals surface area contributed by atoms with Gasteiger partial charge in [-0.05, 0) is 48.9 Å². The molecule has 2 rings (SSSR count). The molecule has 0 radical (unpaired) electrons. The van der Waals surface area contributed by atoms with Gasteiger partial charge in [-0.1, -0.05) is 48.5 Å². The van der Waals surface area contributed by atoms with Crippen LogP contribution in [-0.2, 0) is 11.2 Å². The molecule has 2 nitrogen and oxygen atoms in total. The molecule has 0 saturated heterocycles. The van der Waals surface area contributed by atoms with Crippen molar-refractivity contribution in [1.82, 2.24) is 0 Å². The molecule has 21 heavy (non-hydrogen) atoms. The van der Waals surface area contributed by atoms with Crippen LogP contribution in [0.25, 0.3) is 0 Å². The molecule has 2 aromatic rings. The van der Waals surface area contributed by atoms with Gasteiger partial charge in [0, 0.05) is 6.61 Å². The summed E-state index contributed by atoms with van der Waals surface area (Å²) in [6.07, 6.45) is 2.09. The van der Waals surface area contributed by atoms with Crippen LogP contribution in [-0.4, -0.2) is 13.2 Å². The molecule has 112 valence electrons. The highest BCUT2D eigenvalue weighted by molar-refractivity contribution is 5.31. The second-order valence-corrected chi connectivity index (χ2v) is 5.61. The first-order valence-corrected chi connectivity index (χ1v) is 7.61. The maximum absolute atomic E-state index is 6.18. The number of hydrogen-bond donors (Lipinski definition) is 1. The molecule has 0 spiro atoms. The normalized spacial score (nSPS) is 12.3. The average molecular weight is 283 g/mol. The van der Waals surface area contributed by atoms with Gasteiger partial charge in [0.2, 0.25) is 0 Å². The first-order valence-electron chi connectivity index (χ1n) is 7.61. The maximum Gasteiger partial charge on any atom is 0.0659 e. The second kappa shape index (κ2) is 7.96. The summed E-state index contributed by atoms with van der Waals surface area (Å²) in [4.78, 5) is 0. The molecule has 0 bridgehead atoms. The van der Waals surface area contributed by atoms with Crippen molar-refractivity contribution in [1.29, 1.82) is 0 Å². The summed E-state index contributed by atoms with van der Waals surface area (Å²) < 4.78 is 5.72. The summed E-state index contributed by atoms with van der Waals surface area (Å²) in [7, 11) is 0. The van der Waals surface area contributed by atoms with Crippen LogP contribution in [0.3, 0.4) is 0 Å².